The topological polar surface area (TPSA) is 73.0 Å². The Morgan fingerprint density at radius 2 is 1.61 bits per heavy atom. The molecular formula is C29H36N4O3. The van der Waals surface area contributed by atoms with Crippen LogP contribution in [0.4, 0.5) is 5.69 Å². The molecule has 1 saturated carbocycles. The molecule has 3 amide bonds. The van der Waals surface area contributed by atoms with E-state index in [1.807, 2.05) is 66.4 Å². The van der Waals surface area contributed by atoms with Gasteiger partial charge in [0, 0.05) is 30.4 Å². The van der Waals surface area contributed by atoms with E-state index in [1.165, 1.54) is 6.42 Å². The molecule has 0 bridgehead atoms. The van der Waals surface area contributed by atoms with Crippen LogP contribution in [0.3, 0.4) is 0 Å². The molecule has 2 aliphatic heterocycles. The van der Waals surface area contributed by atoms with Crippen molar-refractivity contribution in [3.8, 4) is 0 Å². The van der Waals surface area contributed by atoms with Crippen LogP contribution in [-0.2, 0) is 9.59 Å². The normalized spacial score (nSPS) is 20.1. The first-order valence-corrected chi connectivity index (χ1v) is 13.2. The Bertz CT molecular complexity index is 1100. The van der Waals surface area contributed by atoms with Crippen LogP contribution >= 0.6 is 0 Å². The minimum atomic E-state index is -0.741. The third kappa shape index (κ3) is 4.71. The van der Waals surface area contributed by atoms with Crippen LogP contribution in [0, 0.1) is 6.92 Å². The molecule has 2 saturated heterocycles. The highest BCUT2D eigenvalue weighted by Gasteiger charge is 2.54. The highest BCUT2D eigenvalue weighted by atomic mass is 16.2. The number of likely N-dealkylation sites (tertiary alicyclic amines) is 1. The summed E-state index contributed by atoms with van der Waals surface area (Å²) in [6.45, 7) is 3.42. The molecule has 1 N–H and O–H groups in total. The van der Waals surface area contributed by atoms with Crippen molar-refractivity contribution in [2.45, 2.75) is 63.5 Å². The Morgan fingerprint density at radius 1 is 0.944 bits per heavy atom. The van der Waals surface area contributed by atoms with Crippen molar-refractivity contribution in [2.24, 2.45) is 0 Å². The van der Waals surface area contributed by atoms with Gasteiger partial charge in [0.05, 0.1) is 6.67 Å². The van der Waals surface area contributed by atoms with Gasteiger partial charge in [-0.1, -0.05) is 55.7 Å². The first kappa shape index (κ1) is 24.3. The quantitative estimate of drug-likeness (QED) is 0.696. The zero-order valence-electron chi connectivity index (χ0n) is 21.1. The molecule has 2 aromatic carbocycles. The highest BCUT2D eigenvalue weighted by molar-refractivity contribution is 5.98. The average Bonchev–Trinajstić information content (AvgIpc) is 3.16. The maximum Gasteiger partial charge on any atom is 0.254 e. The number of para-hydroxylation sites is 1. The molecule has 3 fully saturated rings. The summed E-state index contributed by atoms with van der Waals surface area (Å²) in [4.78, 5) is 45.7. The third-order valence-corrected chi connectivity index (χ3v) is 8.14. The Kier molecular flexibility index (Phi) is 6.99. The molecule has 1 aliphatic carbocycles. The van der Waals surface area contributed by atoms with Gasteiger partial charge in [-0.15, -0.1) is 0 Å². The Balaban J connectivity index is 1.32. The summed E-state index contributed by atoms with van der Waals surface area (Å²) in [6, 6.07) is 17.8. The lowest BCUT2D eigenvalue weighted by molar-refractivity contribution is -0.137. The maximum atomic E-state index is 13.9. The van der Waals surface area contributed by atoms with Gasteiger partial charge in [0.1, 0.15) is 12.1 Å². The predicted molar refractivity (Wildman–Crippen MR) is 140 cm³/mol. The number of benzene rings is 2. The molecule has 2 heterocycles. The van der Waals surface area contributed by atoms with Gasteiger partial charge in [-0.2, -0.15) is 0 Å². The second-order valence-corrected chi connectivity index (χ2v) is 10.4. The van der Waals surface area contributed by atoms with Gasteiger partial charge in [0.2, 0.25) is 5.91 Å². The number of aryl methyl sites for hydroxylation is 1. The lowest BCUT2D eigenvalue weighted by Crippen LogP contribution is -2.57. The summed E-state index contributed by atoms with van der Waals surface area (Å²) in [5.41, 5.74) is 1.90. The van der Waals surface area contributed by atoms with E-state index in [0.29, 0.717) is 38.2 Å². The van der Waals surface area contributed by atoms with Gasteiger partial charge in [-0.25, -0.2) is 0 Å². The van der Waals surface area contributed by atoms with E-state index >= 15 is 0 Å². The lowest BCUT2D eigenvalue weighted by Gasteiger charge is -2.43. The van der Waals surface area contributed by atoms with Crippen molar-refractivity contribution < 1.29 is 14.4 Å². The molecule has 7 heteroatoms. The van der Waals surface area contributed by atoms with Crippen LogP contribution in [0.25, 0.3) is 0 Å². The van der Waals surface area contributed by atoms with Crippen molar-refractivity contribution >= 4 is 23.4 Å². The standard InChI is InChI=1S/C29H36N4O3/c1-22-10-8-9-15-25(22)27(35)31-18-16-29(17-19-31)28(36)32(21-33(29)24-13-6-3-7-14-24)20-26(34)30-23-11-4-2-5-12-23/h3,6-10,13-15,23H,2,4-5,11-12,16-21H2,1H3,(H,30,34). The van der Waals surface area contributed by atoms with E-state index in [4.69, 9.17) is 0 Å². The van der Waals surface area contributed by atoms with Gasteiger partial charge in [0.25, 0.3) is 11.8 Å². The van der Waals surface area contributed by atoms with Crippen LogP contribution in [0.5, 0.6) is 0 Å². The Hall–Kier alpha value is -3.35. The van der Waals surface area contributed by atoms with Gasteiger partial charge in [-0.3, -0.25) is 14.4 Å². The van der Waals surface area contributed by atoms with Crippen molar-refractivity contribution in [1.82, 2.24) is 15.1 Å². The highest BCUT2D eigenvalue weighted by Crippen LogP contribution is 2.39. The van der Waals surface area contributed by atoms with E-state index in [1.54, 1.807) is 4.90 Å². The van der Waals surface area contributed by atoms with Crippen molar-refractivity contribution in [3.63, 3.8) is 0 Å². The molecule has 1 spiro atoms. The molecule has 0 radical (unpaired) electrons. The fourth-order valence-corrected chi connectivity index (χ4v) is 6.08. The number of piperidine rings is 1. The number of rotatable bonds is 5. The van der Waals surface area contributed by atoms with Gasteiger partial charge >= 0.3 is 0 Å². The van der Waals surface area contributed by atoms with Crippen molar-refractivity contribution in [3.05, 3.63) is 65.7 Å². The molecule has 0 aromatic heterocycles. The number of hydrogen-bond donors (Lipinski definition) is 1. The molecular weight excluding hydrogens is 452 g/mol. The number of carbonyl (C=O) groups excluding carboxylic acids is 3. The summed E-state index contributed by atoms with van der Waals surface area (Å²) in [7, 11) is 0. The summed E-state index contributed by atoms with van der Waals surface area (Å²) in [5.74, 6) is -0.0658. The van der Waals surface area contributed by atoms with E-state index in [2.05, 4.69) is 10.2 Å². The summed E-state index contributed by atoms with van der Waals surface area (Å²) in [6.07, 6.45) is 6.65. The molecule has 3 aliphatic rings. The first-order chi connectivity index (χ1) is 17.5. The molecule has 0 unspecified atom stereocenters. The number of hydrogen-bond acceptors (Lipinski definition) is 4. The van der Waals surface area contributed by atoms with Crippen molar-refractivity contribution in [1.29, 1.82) is 0 Å². The Morgan fingerprint density at radius 3 is 2.31 bits per heavy atom. The summed E-state index contributed by atoms with van der Waals surface area (Å²) >= 11 is 0. The predicted octanol–water partition coefficient (Wildman–Crippen LogP) is 3.73. The van der Waals surface area contributed by atoms with Crippen molar-refractivity contribution in [2.75, 3.05) is 31.2 Å². The van der Waals surface area contributed by atoms with Crippen LogP contribution in [0.2, 0.25) is 0 Å². The fraction of sp³-hybridized carbons (Fsp3) is 0.483. The third-order valence-electron chi connectivity index (χ3n) is 8.14. The van der Waals surface area contributed by atoms with Gasteiger partial charge < -0.3 is 20.0 Å². The minimum absolute atomic E-state index is 0.00635. The molecule has 5 rings (SSSR count). The number of nitrogens with one attached hydrogen (secondary N) is 1. The first-order valence-electron chi connectivity index (χ1n) is 13.2. The van der Waals surface area contributed by atoms with Gasteiger partial charge in [-0.05, 0) is 56.4 Å². The number of nitrogens with zero attached hydrogens (tertiary/aromatic N) is 3. The molecule has 0 atom stereocenters. The number of anilines is 1. The van der Waals surface area contributed by atoms with E-state index < -0.39 is 5.54 Å². The monoisotopic (exact) mass is 488 g/mol. The SMILES string of the molecule is Cc1ccccc1C(=O)N1CCC2(CC1)C(=O)N(CC(=O)NC1CCCCC1)CN2c1ccccc1. The summed E-state index contributed by atoms with van der Waals surface area (Å²) < 4.78 is 0. The number of carbonyl (C=O) groups is 3. The van der Waals surface area contributed by atoms with Crippen LogP contribution in [0.1, 0.15) is 60.9 Å². The van der Waals surface area contributed by atoms with E-state index in [-0.39, 0.29) is 30.3 Å². The second kappa shape index (κ2) is 10.3. The second-order valence-electron chi connectivity index (χ2n) is 10.4. The zero-order chi connectivity index (χ0) is 25.1. The molecule has 190 valence electrons. The van der Waals surface area contributed by atoms with Crippen LogP contribution in [-0.4, -0.2) is 65.4 Å². The van der Waals surface area contributed by atoms with Crippen LogP contribution < -0.4 is 10.2 Å². The van der Waals surface area contributed by atoms with Gasteiger partial charge in [0.15, 0.2) is 0 Å². The summed E-state index contributed by atoms with van der Waals surface area (Å²) in [5, 5.41) is 3.15. The Labute approximate surface area is 213 Å². The zero-order valence-corrected chi connectivity index (χ0v) is 21.1. The molecule has 36 heavy (non-hydrogen) atoms. The largest absolute Gasteiger partial charge is 0.352 e. The molecule has 2 aromatic rings. The molecule has 7 nitrogen and oxygen atoms in total. The van der Waals surface area contributed by atoms with E-state index in [9.17, 15) is 14.4 Å². The van der Waals surface area contributed by atoms with E-state index in [0.717, 1.165) is 36.9 Å². The fourth-order valence-electron chi connectivity index (χ4n) is 6.08. The minimum Gasteiger partial charge on any atom is -0.352 e. The lowest BCUT2D eigenvalue weighted by atomic mass is 9.85. The average molecular weight is 489 g/mol. The smallest absolute Gasteiger partial charge is 0.254 e. The van der Waals surface area contributed by atoms with Crippen LogP contribution in [0.15, 0.2) is 54.6 Å². The maximum absolute atomic E-state index is 13.9. The number of amides is 3.